The van der Waals surface area contributed by atoms with Gasteiger partial charge in [0.2, 0.25) is 0 Å². The van der Waals surface area contributed by atoms with Crippen molar-refractivity contribution in [2.75, 3.05) is 7.11 Å². The lowest BCUT2D eigenvalue weighted by Gasteiger charge is -2.11. The number of carbonyl (C=O) groups is 1. The topological polar surface area (TPSA) is 87.0 Å². The van der Waals surface area contributed by atoms with E-state index in [-0.39, 0.29) is 17.1 Å². The maximum atomic E-state index is 11.3. The number of aromatic hydroxyl groups is 2. The average molecular weight is 288 g/mol. The van der Waals surface area contributed by atoms with Crippen LogP contribution in [-0.4, -0.2) is 28.4 Å². The summed E-state index contributed by atoms with van der Waals surface area (Å²) < 4.78 is 5.05. The number of carboxylic acid groups (broad SMARTS) is 1. The maximum absolute atomic E-state index is 11.3. The quantitative estimate of drug-likeness (QED) is 0.787. The molecule has 0 heterocycles. The second-order valence-corrected chi connectivity index (χ2v) is 4.66. The van der Waals surface area contributed by atoms with Gasteiger partial charge in [-0.3, -0.25) is 0 Å². The van der Waals surface area contributed by atoms with E-state index in [1.165, 1.54) is 13.2 Å². The Morgan fingerprint density at radius 3 is 2.52 bits per heavy atom. The lowest BCUT2D eigenvalue weighted by Crippen LogP contribution is -2.05. The zero-order valence-electron chi connectivity index (χ0n) is 11.5. The molecule has 0 bridgehead atoms. The number of benzene rings is 2. The minimum atomic E-state index is -1.18. The molecule has 2 aromatic carbocycles. The third-order valence-corrected chi connectivity index (χ3v) is 3.22. The zero-order valence-corrected chi connectivity index (χ0v) is 11.5. The number of hydrogen-bond donors (Lipinski definition) is 3. The van der Waals surface area contributed by atoms with Crippen molar-refractivity contribution in [2.24, 2.45) is 0 Å². The Morgan fingerprint density at radius 2 is 1.90 bits per heavy atom. The van der Waals surface area contributed by atoms with E-state index in [1.54, 1.807) is 24.3 Å². The van der Waals surface area contributed by atoms with E-state index in [1.807, 2.05) is 6.07 Å². The molecule has 110 valence electrons. The summed E-state index contributed by atoms with van der Waals surface area (Å²) in [5, 5.41) is 28.5. The first kappa shape index (κ1) is 14.7. The van der Waals surface area contributed by atoms with Crippen LogP contribution in [0.15, 0.2) is 36.4 Å². The van der Waals surface area contributed by atoms with Crippen LogP contribution in [-0.2, 0) is 12.8 Å². The Labute approximate surface area is 122 Å². The highest BCUT2D eigenvalue weighted by atomic mass is 16.5. The number of phenols is 2. The Kier molecular flexibility index (Phi) is 4.33. The van der Waals surface area contributed by atoms with E-state index in [0.717, 1.165) is 5.56 Å². The van der Waals surface area contributed by atoms with Crippen molar-refractivity contribution < 1.29 is 24.9 Å². The smallest absolute Gasteiger partial charge is 0.339 e. The summed E-state index contributed by atoms with van der Waals surface area (Å²) >= 11 is 0. The van der Waals surface area contributed by atoms with Gasteiger partial charge < -0.3 is 20.1 Å². The van der Waals surface area contributed by atoms with Crippen LogP contribution in [0.2, 0.25) is 0 Å². The van der Waals surface area contributed by atoms with E-state index in [0.29, 0.717) is 24.2 Å². The van der Waals surface area contributed by atoms with Crippen LogP contribution < -0.4 is 4.74 Å². The highest BCUT2D eigenvalue weighted by molar-refractivity contribution is 5.93. The lowest BCUT2D eigenvalue weighted by atomic mass is 9.98. The van der Waals surface area contributed by atoms with Crippen LogP contribution in [0.5, 0.6) is 17.2 Å². The van der Waals surface area contributed by atoms with Gasteiger partial charge in [0.05, 0.1) is 7.11 Å². The molecule has 2 rings (SSSR count). The van der Waals surface area contributed by atoms with Crippen LogP contribution in [0.3, 0.4) is 0 Å². The largest absolute Gasteiger partial charge is 0.508 e. The molecule has 0 amide bonds. The second kappa shape index (κ2) is 6.17. The van der Waals surface area contributed by atoms with Gasteiger partial charge in [0.15, 0.2) is 0 Å². The van der Waals surface area contributed by atoms with Gasteiger partial charge in [-0.2, -0.15) is 0 Å². The SMILES string of the molecule is COc1cc(O)c(C(=O)O)c(CCc2cccc(O)c2)c1. The lowest BCUT2D eigenvalue weighted by molar-refractivity contribution is 0.0692. The van der Waals surface area contributed by atoms with Crippen molar-refractivity contribution in [3.05, 3.63) is 53.1 Å². The molecule has 0 spiro atoms. The van der Waals surface area contributed by atoms with Gasteiger partial charge in [0.1, 0.15) is 22.8 Å². The molecular formula is C16H16O5. The van der Waals surface area contributed by atoms with Crippen LogP contribution in [0, 0.1) is 0 Å². The van der Waals surface area contributed by atoms with E-state index in [4.69, 9.17) is 4.74 Å². The Hall–Kier alpha value is -2.69. The number of carboxylic acids is 1. The molecule has 0 aliphatic heterocycles. The van der Waals surface area contributed by atoms with Crippen LogP contribution in [0.4, 0.5) is 0 Å². The normalized spacial score (nSPS) is 10.3. The predicted octanol–water partition coefficient (Wildman–Crippen LogP) is 2.59. The van der Waals surface area contributed by atoms with Crippen LogP contribution in [0.1, 0.15) is 21.5 Å². The van der Waals surface area contributed by atoms with Crippen molar-refractivity contribution >= 4 is 5.97 Å². The van der Waals surface area contributed by atoms with E-state index in [9.17, 15) is 20.1 Å². The summed E-state index contributed by atoms with van der Waals surface area (Å²) in [5.41, 5.74) is 1.26. The van der Waals surface area contributed by atoms with Crippen molar-refractivity contribution in [1.29, 1.82) is 0 Å². The first-order valence-electron chi connectivity index (χ1n) is 6.42. The van der Waals surface area contributed by atoms with Gasteiger partial charge in [-0.25, -0.2) is 4.79 Å². The zero-order chi connectivity index (χ0) is 15.4. The summed E-state index contributed by atoms with van der Waals surface area (Å²) in [6, 6.07) is 9.66. The fourth-order valence-corrected chi connectivity index (χ4v) is 2.21. The minimum Gasteiger partial charge on any atom is -0.508 e. The first-order valence-corrected chi connectivity index (χ1v) is 6.42. The highest BCUT2D eigenvalue weighted by Gasteiger charge is 2.17. The van der Waals surface area contributed by atoms with Gasteiger partial charge in [0, 0.05) is 6.07 Å². The van der Waals surface area contributed by atoms with Crippen molar-refractivity contribution in [3.63, 3.8) is 0 Å². The average Bonchev–Trinajstić information content (AvgIpc) is 2.44. The monoisotopic (exact) mass is 288 g/mol. The fourth-order valence-electron chi connectivity index (χ4n) is 2.21. The van der Waals surface area contributed by atoms with E-state index >= 15 is 0 Å². The predicted molar refractivity (Wildman–Crippen MR) is 77.1 cm³/mol. The Balaban J connectivity index is 2.29. The molecule has 0 fully saturated rings. The summed E-state index contributed by atoms with van der Waals surface area (Å²) in [6.45, 7) is 0. The Morgan fingerprint density at radius 1 is 1.14 bits per heavy atom. The van der Waals surface area contributed by atoms with Gasteiger partial charge in [0.25, 0.3) is 0 Å². The standard InChI is InChI=1S/C16H16O5/c1-21-13-8-11(15(16(19)20)14(18)9-13)6-5-10-3-2-4-12(17)7-10/h2-4,7-9,17-18H,5-6H2,1H3,(H,19,20). The van der Waals surface area contributed by atoms with Crippen molar-refractivity contribution in [1.82, 2.24) is 0 Å². The van der Waals surface area contributed by atoms with Gasteiger partial charge in [-0.05, 0) is 42.2 Å². The molecule has 0 atom stereocenters. The fraction of sp³-hybridized carbons (Fsp3) is 0.188. The molecule has 21 heavy (non-hydrogen) atoms. The number of aryl methyl sites for hydroxylation is 2. The highest BCUT2D eigenvalue weighted by Crippen LogP contribution is 2.29. The van der Waals surface area contributed by atoms with Gasteiger partial charge in [-0.1, -0.05) is 12.1 Å². The summed E-state index contributed by atoms with van der Waals surface area (Å²) in [7, 11) is 1.45. The third-order valence-electron chi connectivity index (χ3n) is 3.22. The number of phenolic OH excluding ortho intramolecular Hbond substituents is 1. The molecule has 0 aliphatic carbocycles. The number of ether oxygens (including phenoxy) is 1. The molecule has 0 saturated carbocycles. The molecule has 5 nitrogen and oxygen atoms in total. The molecule has 0 aliphatic rings. The number of hydrogen-bond acceptors (Lipinski definition) is 4. The van der Waals surface area contributed by atoms with E-state index in [2.05, 4.69) is 0 Å². The molecule has 0 radical (unpaired) electrons. The Bertz CT molecular complexity index is 664. The summed E-state index contributed by atoms with van der Waals surface area (Å²) in [4.78, 5) is 11.3. The van der Waals surface area contributed by atoms with Crippen molar-refractivity contribution in [3.8, 4) is 17.2 Å². The number of rotatable bonds is 5. The molecule has 0 saturated heterocycles. The van der Waals surface area contributed by atoms with E-state index < -0.39 is 5.97 Å². The minimum absolute atomic E-state index is 0.115. The van der Waals surface area contributed by atoms with Gasteiger partial charge >= 0.3 is 5.97 Å². The van der Waals surface area contributed by atoms with Crippen LogP contribution in [0.25, 0.3) is 0 Å². The van der Waals surface area contributed by atoms with Gasteiger partial charge in [-0.15, -0.1) is 0 Å². The maximum Gasteiger partial charge on any atom is 0.339 e. The molecule has 3 N–H and O–H groups in total. The summed E-state index contributed by atoms with van der Waals surface area (Å²) in [6.07, 6.45) is 0.955. The molecule has 0 aromatic heterocycles. The van der Waals surface area contributed by atoms with Crippen LogP contribution >= 0.6 is 0 Å². The van der Waals surface area contributed by atoms with Crippen molar-refractivity contribution in [2.45, 2.75) is 12.8 Å². The molecular weight excluding hydrogens is 272 g/mol. The molecule has 5 heteroatoms. The molecule has 2 aromatic rings. The third kappa shape index (κ3) is 3.45. The number of methoxy groups -OCH3 is 1. The summed E-state index contributed by atoms with van der Waals surface area (Å²) in [5.74, 6) is -0.920. The number of aromatic carboxylic acids is 1. The molecule has 0 unspecified atom stereocenters. The first-order chi connectivity index (χ1) is 10.0. The second-order valence-electron chi connectivity index (χ2n) is 4.66.